The highest BCUT2D eigenvalue weighted by Gasteiger charge is 2.38. The summed E-state index contributed by atoms with van der Waals surface area (Å²) < 4.78 is 34.9. The minimum Gasteiger partial charge on any atom is -0.480 e. The van der Waals surface area contributed by atoms with Gasteiger partial charge < -0.3 is 16.2 Å². The molecule has 1 atom stereocenters. The van der Waals surface area contributed by atoms with Crippen molar-refractivity contribution in [2.24, 2.45) is 5.73 Å². The summed E-state index contributed by atoms with van der Waals surface area (Å²) in [4.78, 5) is 20.5. The van der Waals surface area contributed by atoms with E-state index in [0.717, 1.165) is 0 Å². The van der Waals surface area contributed by atoms with Gasteiger partial charge in [-0.1, -0.05) is 0 Å². The Labute approximate surface area is 95.6 Å². The molecule has 4 N–H and O–H groups in total. The van der Waals surface area contributed by atoms with Gasteiger partial charge in [-0.3, -0.25) is 9.59 Å². The lowest BCUT2D eigenvalue weighted by Crippen LogP contribution is -2.38. The number of hydrogen-bond donors (Lipinski definition) is 3. The number of carbonyl (C=O) groups excluding carboxylic acids is 1. The zero-order valence-corrected chi connectivity index (χ0v) is 8.90. The van der Waals surface area contributed by atoms with Gasteiger partial charge >= 0.3 is 18.1 Å². The van der Waals surface area contributed by atoms with E-state index in [2.05, 4.69) is 0 Å². The maximum absolute atomic E-state index is 11.6. The van der Waals surface area contributed by atoms with Crippen LogP contribution in [0.5, 0.6) is 0 Å². The van der Waals surface area contributed by atoms with E-state index < -0.39 is 24.1 Å². The number of carbonyl (C=O) groups is 2. The lowest BCUT2D eigenvalue weighted by molar-refractivity contribution is -0.173. The Bertz CT molecular complexity index is 248. The number of alkyl halides is 3. The van der Waals surface area contributed by atoms with Crippen LogP contribution in [0.4, 0.5) is 13.2 Å². The summed E-state index contributed by atoms with van der Waals surface area (Å²) in [5.74, 6) is -3.26. The standard InChI is InChI=1S/C7H11F3N2O3.ClH/c8-7(9,10)6(15)12-3-1-2-4(11)5(13)14;/h4H,1-3,11H2,(H,12,15)(H,13,14);1H/t4-;/m0./s1. The first-order valence-corrected chi connectivity index (χ1v) is 4.08. The molecule has 0 aromatic heterocycles. The summed E-state index contributed by atoms with van der Waals surface area (Å²) >= 11 is 0. The van der Waals surface area contributed by atoms with Gasteiger partial charge in [-0.15, -0.1) is 12.4 Å². The molecular weight excluding hydrogens is 253 g/mol. The number of nitrogens with two attached hydrogens (primary N) is 1. The van der Waals surface area contributed by atoms with Crippen LogP contribution in [0, 0.1) is 0 Å². The van der Waals surface area contributed by atoms with Gasteiger partial charge in [0.05, 0.1) is 0 Å². The predicted molar refractivity (Wildman–Crippen MR) is 51.2 cm³/mol. The van der Waals surface area contributed by atoms with Crippen LogP contribution in [0.2, 0.25) is 0 Å². The molecule has 0 aliphatic heterocycles. The van der Waals surface area contributed by atoms with Gasteiger partial charge in [0.15, 0.2) is 0 Å². The van der Waals surface area contributed by atoms with Crippen molar-refractivity contribution >= 4 is 24.3 Å². The Balaban J connectivity index is 0. The third-order valence-electron chi connectivity index (χ3n) is 1.55. The summed E-state index contributed by atoms with van der Waals surface area (Å²) in [6.45, 7) is -0.251. The van der Waals surface area contributed by atoms with Crippen molar-refractivity contribution in [1.29, 1.82) is 0 Å². The van der Waals surface area contributed by atoms with Gasteiger partial charge in [0, 0.05) is 6.54 Å². The SMILES string of the molecule is Cl.N[C@@H](CCCNC(=O)C(F)(F)F)C(=O)O. The lowest BCUT2D eigenvalue weighted by Gasteiger charge is -2.08. The number of nitrogens with one attached hydrogen (secondary N) is 1. The number of aliphatic carboxylic acids is 1. The smallest absolute Gasteiger partial charge is 0.471 e. The Hall–Kier alpha value is -1.02. The summed E-state index contributed by atoms with van der Waals surface area (Å²) in [6.07, 6.45) is -4.82. The molecule has 1 amide bonds. The fourth-order valence-corrected chi connectivity index (χ4v) is 0.748. The maximum atomic E-state index is 11.6. The molecule has 0 aliphatic rings. The quantitative estimate of drug-likeness (QED) is 0.622. The molecule has 5 nitrogen and oxygen atoms in total. The minimum atomic E-state index is -4.91. The molecule has 0 aliphatic carbocycles. The van der Waals surface area contributed by atoms with E-state index in [-0.39, 0.29) is 31.8 Å². The number of amides is 1. The van der Waals surface area contributed by atoms with Crippen molar-refractivity contribution in [3.63, 3.8) is 0 Å². The van der Waals surface area contributed by atoms with Gasteiger partial charge in [0.25, 0.3) is 0 Å². The van der Waals surface area contributed by atoms with Crippen LogP contribution in [0.1, 0.15) is 12.8 Å². The second-order valence-electron chi connectivity index (χ2n) is 2.84. The zero-order chi connectivity index (χ0) is 12.1. The van der Waals surface area contributed by atoms with Crippen molar-refractivity contribution < 1.29 is 27.9 Å². The molecule has 96 valence electrons. The molecule has 0 aromatic rings. The second kappa shape index (κ2) is 7.29. The summed E-state index contributed by atoms with van der Waals surface area (Å²) in [5.41, 5.74) is 5.08. The second-order valence-corrected chi connectivity index (χ2v) is 2.84. The van der Waals surface area contributed by atoms with Crippen LogP contribution < -0.4 is 11.1 Å². The fraction of sp³-hybridized carbons (Fsp3) is 0.714. The molecular formula is C7H12ClF3N2O3. The molecule has 0 unspecified atom stereocenters. The highest BCUT2D eigenvalue weighted by molar-refractivity contribution is 5.85. The predicted octanol–water partition coefficient (Wildman–Crippen LogP) is 0.279. The molecule has 0 rings (SSSR count). The van der Waals surface area contributed by atoms with E-state index in [1.165, 1.54) is 0 Å². The van der Waals surface area contributed by atoms with Crippen LogP contribution in [0.15, 0.2) is 0 Å². The molecule has 0 bridgehead atoms. The van der Waals surface area contributed by atoms with Crippen LogP contribution >= 0.6 is 12.4 Å². The van der Waals surface area contributed by atoms with Crippen LogP contribution in [-0.2, 0) is 9.59 Å². The Morgan fingerprint density at radius 1 is 1.38 bits per heavy atom. The topological polar surface area (TPSA) is 92.4 Å². The van der Waals surface area contributed by atoms with Gasteiger partial charge in [-0.2, -0.15) is 13.2 Å². The van der Waals surface area contributed by atoms with E-state index in [1.807, 2.05) is 0 Å². The van der Waals surface area contributed by atoms with Crippen LogP contribution in [0.25, 0.3) is 0 Å². The molecule has 9 heteroatoms. The van der Waals surface area contributed by atoms with Gasteiger partial charge in [-0.25, -0.2) is 0 Å². The van der Waals surface area contributed by atoms with Crippen molar-refractivity contribution in [2.45, 2.75) is 25.1 Å². The highest BCUT2D eigenvalue weighted by atomic mass is 35.5. The highest BCUT2D eigenvalue weighted by Crippen LogP contribution is 2.13. The molecule has 0 fully saturated rings. The molecule has 0 aromatic carbocycles. The third-order valence-corrected chi connectivity index (χ3v) is 1.55. The summed E-state index contributed by atoms with van der Waals surface area (Å²) in [6, 6.07) is -1.12. The minimum absolute atomic E-state index is 0. The number of carboxylic acids is 1. The fourth-order valence-electron chi connectivity index (χ4n) is 0.748. The molecule has 0 saturated carbocycles. The summed E-state index contributed by atoms with van der Waals surface area (Å²) in [5, 5.41) is 9.93. The van der Waals surface area contributed by atoms with Crippen molar-refractivity contribution in [3.8, 4) is 0 Å². The van der Waals surface area contributed by atoms with E-state index >= 15 is 0 Å². The molecule has 16 heavy (non-hydrogen) atoms. The van der Waals surface area contributed by atoms with Crippen LogP contribution in [0.3, 0.4) is 0 Å². The maximum Gasteiger partial charge on any atom is 0.471 e. The average molecular weight is 265 g/mol. The normalized spacial score (nSPS) is 12.5. The van der Waals surface area contributed by atoms with E-state index in [9.17, 15) is 22.8 Å². The molecule has 0 heterocycles. The lowest BCUT2D eigenvalue weighted by atomic mass is 10.2. The first-order chi connectivity index (χ1) is 6.75. The Morgan fingerprint density at radius 3 is 2.25 bits per heavy atom. The zero-order valence-electron chi connectivity index (χ0n) is 8.08. The summed E-state index contributed by atoms with van der Waals surface area (Å²) in [7, 11) is 0. The van der Waals surface area contributed by atoms with Crippen LogP contribution in [-0.4, -0.2) is 35.7 Å². The van der Waals surface area contributed by atoms with Crippen molar-refractivity contribution in [3.05, 3.63) is 0 Å². The van der Waals surface area contributed by atoms with E-state index in [0.29, 0.717) is 0 Å². The Morgan fingerprint density at radius 2 is 1.88 bits per heavy atom. The first kappa shape index (κ1) is 17.4. The molecule has 0 saturated heterocycles. The van der Waals surface area contributed by atoms with Gasteiger partial charge in [0.2, 0.25) is 0 Å². The van der Waals surface area contributed by atoms with E-state index in [1.54, 1.807) is 5.32 Å². The monoisotopic (exact) mass is 264 g/mol. The molecule has 0 spiro atoms. The third kappa shape index (κ3) is 7.30. The average Bonchev–Trinajstić information content (AvgIpc) is 2.09. The molecule has 0 radical (unpaired) electrons. The van der Waals surface area contributed by atoms with E-state index in [4.69, 9.17) is 10.8 Å². The largest absolute Gasteiger partial charge is 0.480 e. The van der Waals surface area contributed by atoms with Crippen molar-refractivity contribution in [1.82, 2.24) is 5.32 Å². The number of rotatable bonds is 5. The number of carboxylic acid groups (broad SMARTS) is 1. The first-order valence-electron chi connectivity index (χ1n) is 4.08. The van der Waals surface area contributed by atoms with Gasteiger partial charge in [0.1, 0.15) is 6.04 Å². The van der Waals surface area contributed by atoms with Crippen molar-refractivity contribution in [2.75, 3.05) is 6.54 Å². The van der Waals surface area contributed by atoms with Gasteiger partial charge in [-0.05, 0) is 12.8 Å². The Kier molecular flexibility index (Phi) is 7.91. The number of halogens is 4. The number of hydrogen-bond acceptors (Lipinski definition) is 3.